The van der Waals surface area contributed by atoms with Gasteiger partial charge in [0.05, 0.1) is 11.9 Å². The van der Waals surface area contributed by atoms with Crippen LogP contribution in [0.15, 0.2) is 18.3 Å². The zero-order chi connectivity index (χ0) is 11.5. The van der Waals surface area contributed by atoms with Crippen LogP contribution < -0.4 is 4.90 Å². The number of anilines is 1. The van der Waals surface area contributed by atoms with E-state index in [-0.39, 0.29) is 5.91 Å². The number of amides is 1. The first-order valence-corrected chi connectivity index (χ1v) is 5.58. The highest BCUT2D eigenvalue weighted by atomic mass is 16.2. The number of rotatable bonds is 1. The second-order valence-corrected chi connectivity index (χ2v) is 4.26. The van der Waals surface area contributed by atoms with Crippen molar-refractivity contribution in [3.8, 4) is 0 Å². The lowest BCUT2D eigenvalue weighted by molar-refractivity contribution is -0.118. The third-order valence-electron chi connectivity index (χ3n) is 2.92. The number of carbonyl (C=O) groups excluding carboxylic acids is 1. The number of carbonyl (C=O) groups is 1. The summed E-state index contributed by atoms with van der Waals surface area (Å²) in [5.74, 6) is 0.190. The molecule has 0 radical (unpaired) electrons. The van der Waals surface area contributed by atoms with Gasteiger partial charge in [0.1, 0.15) is 0 Å². The van der Waals surface area contributed by atoms with Gasteiger partial charge in [-0.3, -0.25) is 9.78 Å². The lowest BCUT2D eigenvalue weighted by Gasteiger charge is -2.20. The molecule has 1 aromatic rings. The molecule has 1 aliphatic rings. The summed E-state index contributed by atoms with van der Waals surface area (Å²) in [5.41, 5.74) is 1.88. The molecule has 4 heteroatoms. The molecule has 2 rings (SSSR count). The van der Waals surface area contributed by atoms with Crippen molar-refractivity contribution in [1.82, 2.24) is 9.88 Å². The highest BCUT2D eigenvalue weighted by Gasteiger charge is 2.20. The molecular weight excluding hydrogens is 202 g/mol. The van der Waals surface area contributed by atoms with Gasteiger partial charge in [-0.15, -0.1) is 0 Å². The van der Waals surface area contributed by atoms with Gasteiger partial charge >= 0.3 is 0 Å². The van der Waals surface area contributed by atoms with Crippen LogP contribution in [-0.2, 0) is 4.79 Å². The average Bonchev–Trinajstić information content (AvgIpc) is 2.44. The predicted octanol–water partition coefficient (Wildman–Crippen LogP) is 1.06. The van der Waals surface area contributed by atoms with Crippen molar-refractivity contribution in [2.75, 3.05) is 31.6 Å². The summed E-state index contributed by atoms with van der Waals surface area (Å²) < 4.78 is 0. The molecule has 4 nitrogen and oxygen atoms in total. The van der Waals surface area contributed by atoms with E-state index in [0.29, 0.717) is 6.42 Å². The molecule has 0 unspecified atom stereocenters. The average molecular weight is 219 g/mol. The van der Waals surface area contributed by atoms with E-state index in [2.05, 4.69) is 9.88 Å². The molecule has 0 atom stereocenters. The van der Waals surface area contributed by atoms with Crippen LogP contribution in [-0.4, -0.2) is 42.5 Å². The van der Waals surface area contributed by atoms with Crippen LogP contribution in [0, 0.1) is 6.92 Å². The molecule has 0 aromatic carbocycles. The standard InChI is InChI=1S/C12H17N3O/c1-10-3-4-11(9-13-10)15-8-7-14(2)6-5-12(15)16/h3-4,9H,5-8H2,1-2H3. The number of hydrogen-bond donors (Lipinski definition) is 0. The lowest BCUT2D eigenvalue weighted by Crippen LogP contribution is -2.32. The quantitative estimate of drug-likeness (QED) is 0.708. The summed E-state index contributed by atoms with van der Waals surface area (Å²) in [6.07, 6.45) is 2.36. The maximum absolute atomic E-state index is 11.9. The molecule has 0 bridgehead atoms. The topological polar surface area (TPSA) is 36.4 Å². The number of likely N-dealkylation sites (N-methyl/N-ethyl adjacent to an activating group) is 1. The van der Waals surface area contributed by atoms with Gasteiger partial charge in [0.2, 0.25) is 5.91 Å². The Kier molecular flexibility index (Phi) is 3.19. The molecule has 1 saturated heterocycles. The van der Waals surface area contributed by atoms with Gasteiger partial charge in [-0.05, 0) is 26.1 Å². The van der Waals surface area contributed by atoms with Crippen molar-refractivity contribution in [3.05, 3.63) is 24.0 Å². The van der Waals surface area contributed by atoms with Crippen molar-refractivity contribution in [3.63, 3.8) is 0 Å². The van der Waals surface area contributed by atoms with E-state index < -0.39 is 0 Å². The van der Waals surface area contributed by atoms with Crippen LogP contribution >= 0.6 is 0 Å². The molecule has 0 aliphatic carbocycles. The Morgan fingerprint density at radius 1 is 1.25 bits per heavy atom. The summed E-state index contributed by atoms with van der Waals surface area (Å²) >= 11 is 0. The van der Waals surface area contributed by atoms with Gasteiger partial charge in [0.15, 0.2) is 0 Å². The van der Waals surface area contributed by atoms with Crippen LogP contribution in [0.1, 0.15) is 12.1 Å². The van der Waals surface area contributed by atoms with Crippen LogP contribution in [0.5, 0.6) is 0 Å². The number of nitrogens with zero attached hydrogens (tertiary/aromatic N) is 3. The predicted molar refractivity (Wildman–Crippen MR) is 63.4 cm³/mol. The van der Waals surface area contributed by atoms with Gasteiger partial charge in [0, 0.05) is 31.7 Å². The minimum absolute atomic E-state index is 0.190. The van der Waals surface area contributed by atoms with Crippen LogP contribution in [0.4, 0.5) is 5.69 Å². The summed E-state index contributed by atoms with van der Waals surface area (Å²) in [5, 5.41) is 0. The molecule has 1 aromatic heterocycles. The molecule has 2 heterocycles. The Morgan fingerprint density at radius 3 is 2.75 bits per heavy atom. The lowest BCUT2D eigenvalue weighted by atomic mass is 10.3. The molecule has 1 aliphatic heterocycles. The first kappa shape index (κ1) is 11.1. The minimum Gasteiger partial charge on any atom is -0.310 e. The van der Waals surface area contributed by atoms with E-state index in [0.717, 1.165) is 31.0 Å². The minimum atomic E-state index is 0.190. The molecule has 0 saturated carbocycles. The van der Waals surface area contributed by atoms with Gasteiger partial charge in [-0.25, -0.2) is 0 Å². The zero-order valence-electron chi connectivity index (χ0n) is 9.81. The Labute approximate surface area is 95.9 Å². The van der Waals surface area contributed by atoms with Crippen LogP contribution in [0.2, 0.25) is 0 Å². The van der Waals surface area contributed by atoms with E-state index in [1.54, 1.807) is 6.20 Å². The Balaban J connectivity index is 2.18. The number of pyridine rings is 1. The number of hydrogen-bond acceptors (Lipinski definition) is 3. The molecule has 86 valence electrons. The fourth-order valence-corrected chi connectivity index (χ4v) is 1.82. The van der Waals surface area contributed by atoms with Gasteiger partial charge in [-0.1, -0.05) is 0 Å². The third-order valence-corrected chi connectivity index (χ3v) is 2.92. The molecule has 0 spiro atoms. The maximum Gasteiger partial charge on any atom is 0.228 e. The number of aromatic nitrogens is 1. The van der Waals surface area contributed by atoms with E-state index in [9.17, 15) is 4.79 Å². The van der Waals surface area contributed by atoms with E-state index in [1.165, 1.54) is 0 Å². The van der Waals surface area contributed by atoms with Crippen molar-refractivity contribution in [1.29, 1.82) is 0 Å². The van der Waals surface area contributed by atoms with Crippen molar-refractivity contribution >= 4 is 11.6 Å². The van der Waals surface area contributed by atoms with Crippen molar-refractivity contribution in [2.24, 2.45) is 0 Å². The summed E-state index contributed by atoms with van der Waals surface area (Å²) in [7, 11) is 2.05. The van der Waals surface area contributed by atoms with Crippen LogP contribution in [0.3, 0.4) is 0 Å². The van der Waals surface area contributed by atoms with E-state index in [1.807, 2.05) is 31.0 Å². The maximum atomic E-state index is 11.9. The fraction of sp³-hybridized carbons (Fsp3) is 0.500. The van der Waals surface area contributed by atoms with Gasteiger partial charge < -0.3 is 9.80 Å². The molecule has 16 heavy (non-hydrogen) atoms. The Morgan fingerprint density at radius 2 is 2.06 bits per heavy atom. The smallest absolute Gasteiger partial charge is 0.228 e. The first-order chi connectivity index (χ1) is 7.66. The molecule has 1 fully saturated rings. The monoisotopic (exact) mass is 219 g/mol. The second kappa shape index (κ2) is 4.61. The molecule has 1 amide bonds. The molecular formula is C12H17N3O. The molecule has 0 N–H and O–H groups in total. The fourth-order valence-electron chi connectivity index (χ4n) is 1.82. The van der Waals surface area contributed by atoms with Crippen molar-refractivity contribution in [2.45, 2.75) is 13.3 Å². The Hall–Kier alpha value is -1.42. The zero-order valence-corrected chi connectivity index (χ0v) is 9.81. The van der Waals surface area contributed by atoms with E-state index in [4.69, 9.17) is 0 Å². The normalized spacial score (nSPS) is 18.6. The van der Waals surface area contributed by atoms with E-state index >= 15 is 0 Å². The highest BCUT2D eigenvalue weighted by molar-refractivity contribution is 5.93. The first-order valence-electron chi connectivity index (χ1n) is 5.58. The van der Waals surface area contributed by atoms with Crippen molar-refractivity contribution < 1.29 is 4.79 Å². The second-order valence-electron chi connectivity index (χ2n) is 4.26. The highest BCUT2D eigenvalue weighted by Crippen LogP contribution is 2.16. The van der Waals surface area contributed by atoms with Gasteiger partial charge in [-0.2, -0.15) is 0 Å². The number of aryl methyl sites for hydroxylation is 1. The summed E-state index contributed by atoms with van der Waals surface area (Å²) in [6.45, 7) is 4.45. The Bertz CT molecular complexity index is 374. The SMILES string of the molecule is Cc1ccc(N2CCN(C)CCC2=O)cn1. The van der Waals surface area contributed by atoms with Gasteiger partial charge in [0.25, 0.3) is 0 Å². The third kappa shape index (κ3) is 2.39. The largest absolute Gasteiger partial charge is 0.310 e. The van der Waals surface area contributed by atoms with Crippen LogP contribution in [0.25, 0.3) is 0 Å². The summed E-state index contributed by atoms with van der Waals surface area (Å²) in [4.78, 5) is 20.2. The summed E-state index contributed by atoms with van der Waals surface area (Å²) in [6, 6.07) is 3.91.